The van der Waals surface area contributed by atoms with Gasteiger partial charge in [0.05, 0.1) is 9.79 Å². The van der Waals surface area contributed by atoms with E-state index >= 15 is 0 Å². The van der Waals surface area contributed by atoms with Crippen LogP contribution in [0.2, 0.25) is 0 Å². The van der Waals surface area contributed by atoms with Crippen molar-refractivity contribution in [2.75, 3.05) is 32.7 Å². The molecule has 1 aromatic carbocycles. The van der Waals surface area contributed by atoms with Gasteiger partial charge in [0, 0.05) is 26.2 Å². The molecule has 0 spiro atoms. The fraction of sp³-hybridized carbons (Fsp3) is 0.500. The van der Waals surface area contributed by atoms with E-state index in [-0.39, 0.29) is 30.4 Å². The summed E-state index contributed by atoms with van der Waals surface area (Å²) in [6, 6.07) is 4.07. The quantitative estimate of drug-likeness (QED) is 0.721. The van der Waals surface area contributed by atoms with Gasteiger partial charge >= 0.3 is 6.18 Å². The first-order valence-corrected chi connectivity index (χ1v) is 9.82. The van der Waals surface area contributed by atoms with Crippen LogP contribution < -0.4 is 10.0 Å². The molecule has 144 valence electrons. The number of nitrogens with one attached hydrogen (secondary N) is 2. The van der Waals surface area contributed by atoms with E-state index in [0.717, 1.165) is 24.3 Å². The topological polar surface area (TPSA) is 95.6 Å². The van der Waals surface area contributed by atoms with Crippen LogP contribution in [-0.2, 0) is 20.0 Å². The van der Waals surface area contributed by atoms with E-state index in [0.29, 0.717) is 13.1 Å². The zero-order valence-electron chi connectivity index (χ0n) is 12.8. The zero-order chi connectivity index (χ0) is 18.0. The van der Waals surface area contributed by atoms with Gasteiger partial charge in [-0.15, -0.1) is 12.4 Å². The lowest BCUT2D eigenvalue weighted by molar-refractivity contribution is -0.121. The van der Waals surface area contributed by atoms with E-state index in [4.69, 9.17) is 0 Å². The predicted molar refractivity (Wildman–Crippen MR) is 86.6 cm³/mol. The summed E-state index contributed by atoms with van der Waals surface area (Å²) in [5.74, 6) is 0. The Kier molecular flexibility index (Phi) is 7.24. The Morgan fingerprint density at radius 3 is 1.96 bits per heavy atom. The standard InChI is InChI=1S/C12H16F3N3O4S2.ClH/c13-12(14,15)9-17-23(19,20)10-1-3-11(4-2-10)24(21,22)18-7-5-16-6-8-18;/h1-4,16-17H,5-9H2;1H. The number of benzene rings is 1. The Morgan fingerprint density at radius 1 is 1.00 bits per heavy atom. The predicted octanol–water partition coefficient (Wildman–Crippen LogP) is 0.543. The van der Waals surface area contributed by atoms with Crippen molar-refractivity contribution in [2.24, 2.45) is 0 Å². The monoisotopic (exact) mass is 423 g/mol. The number of sulfonamides is 2. The van der Waals surface area contributed by atoms with Crippen LogP contribution >= 0.6 is 12.4 Å². The highest BCUT2D eigenvalue weighted by molar-refractivity contribution is 7.89. The molecule has 0 bridgehead atoms. The van der Waals surface area contributed by atoms with Crippen molar-refractivity contribution in [1.29, 1.82) is 0 Å². The summed E-state index contributed by atoms with van der Waals surface area (Å²) in [7, 11) is -8.13. The molecule has 25 heavy (non-hydrogen) atoms. The highest BCUT2D eigenvalue weighted by atomic mass is 35.5. The van der Waals surface area contributed by atoms with E-state index in [1.165, 1.54) is 9.03 Å². The first kappa shape index (κ1) is 22.1. The number of hydrogen-bond donors (Lipinski definition) is 2. The molecule has 0 aliphatic carbocycles. The van der Waals surface area contributed by atoms with Crippen LogP contribution in [-0.4, -0.2) is 60.0 Å². The van der Waals surface area contributed by atoms with Crippen molar-refractivity contribution in [1.82, 2.24) is 14.3 Å². The van der Waals surface area contributed by atoms with Crippen LogP contribution in [0.5, 0.6) is 0 Å². The van der Waals surface area contributed by atoms with Gasteiger partial charge in [0.15, 0.2) is 0 Å². The van der Waals surface area contributed by atoms with Crippen LogP contribution in [0.25, 0.3) is 0 Å². The second-order valence-electron chi connectivity index (χ2n) is 5.07. The number of rotatable bonds is 5. The van der Waals surface area contributed by atoms with Gasteiger partial charge in [-0.3, -0.25) is 0 Å². The third-order valence-electron chi connectivity index (χ3n) is 3.31. The summed E-state index contributed by atoms with van der Waals surface area (Å²) in [4.78, 5) is -0.551. The van der Waals surface area contributed by atoms with E-state index in [1.54, 1.807) is 0 Å². The third-order valence-corrected chi connectivity index (χ3v) is 6.64. The van der Waals surface area contributed by atoms with Gasteiger partial charge in [-0.05, 0) is 24.3 Å². The lowest BCUT2D eigenvalue weighted by atomic mass is 10.4. The smallest absolute Gasteiger partial charge is 0.314 e. The Labute approximate surface area is 150 Å². The van der Waals surface area contributed by atoms with Crippen molar-refractivity contribution >= 4 is 32.5 Å². The number of nitrogens with zero attached hydrogens (tertiary/aromatic N) is 1. The fourth-order valence-corrected chi connectivity index (χ4v) is 4.54. The Balaban J connectivity index is 0.00000312. The van der Waals surface area contributed by atoms with Gasteiger partial charge < -0.3 is 5.32 Å². The van der Waals surface area contributed by atoms with Crippen molar-refractivity contribution in [3.8, 4) is 0 Å². The molecule has 7 nitrogen and oxygen atoms in total. The van der Waals surface area contributed by atoms with E-state index < -0.39 is 37.7 Å². The van der Waals surface area contributed by atoms with E-state index in [1.807, 2.05) is 0 Å². The zero-order valence-corrected chi connectivity index (χ0v) is 15.2. The minimum absolute atomic E-state index is 0. The Bertz CT molecular complexity index is 777. The summed E-state index contributed by atoms with van der Waals surface area (Å²) >= 11 is 0. The molecule has 0 radical (unpaired) electrons. The van der Waals surface area contributed by atoms with Crippen LogP contribution in [0.15, 0.2) is 34.1 Å². The minimum Gasteiger partial charge on any atom is -0.314 e. The second-order valence-corrected chi connectivity index (χ2v) is 8.77. The molecule has 1 aliphatic heterocycles. The molecular formula is C12H17ClF3N3O4S2. The van der Waals surface area contributed by atoms with Crippen LogP contribution in [0.3, 0.4) is 0 Å². The molecular weight excluding hydrogens is 407 g/mol. The van der Waals surface area contributed by atoms with Gasteiger partial charge in [-0.25, -0.2) is 21.6 Å². The molecule has 2 rings (SSSR count). The van der Waals surface area contributed by atoms with E-state index in [9.17, 15) is 30.0 Å². The molecule has 1 aliphatic rings. The van der Waals surface area contributed by atoms with Crippen LogP contribution in [0, 0.1) is 0 Å². The molecule has 1 aromatic rings. The highest BCUT2D eigenvalue weighted by Gasteiger charge is 2.30. The molecule has 0 amide bonds. The molecule has 1 fully saturated rings. The molecule has 1 heterocycles. The number of alkyl halides is 3. The number of hydrogen-bond acceptors (Lipinski definition) is 5. The second kappa shape index (κ2) is 8.18. The molecule has 2 N–H and O–H groups in total. The SMILES string of the molecule is Cl.O=S(=O)(NCC(F)(F)F)c1ccc(S(=O)(=O)N2CCNCC2)cc1. The molecule has 0 saturated carbocycles. The van der Waals surface area contributed by atoms with Crippen molar-refractivity contribution in [3.63, 3.8) is 0 Å². The van der Waals surface area contributed by atoms with Crippen molar-refractivity contribution in [3.05, 3.63) is 24.3 Å². The number of piperazine rings is 1. The minimum atomic E-state index is -4.68. The Morgan fingerprint density at radius 2 is 1.48 bits per heavy atom. The average molecular weight is 424 g/mol. The average Bonchev–Trinajstić information content (AvgIpc) is 2.53. The summed E-state index contributed by atoms with van der Waals surface area (Å²) in [5.41, 5.74) is 0. The molecule has 13 heteroatoms. The Hall–Kier alpha value is -0.920. The molecule has 0 atom stereocenters. The van der Waals surface area contributed by atoms with Gasteiger partial charge in [0.2, 0.25) is 20.0 Å². The van der Waals surface area contributed by atoms with Gasteiger partial charge in [-0.2, -0.15) is 17.5 Å². The molecule has 0 unspecified atom stereocenters. The lowest BCUT2D eigenvalue weighted by Crippen LogP contribution is -2.46. The van der Waals surface area contributed by atoms with Gasteiger partial charge in [-0.1, -0.05) is 0 Å². The lowest BCUT2D eigenvalue weighted by Gasteiger charge is -2.26. The van der Waals surface area contributed by atoms with Crippen molar-refractivity contribution < 1.29 is 30.0 Å². The summed E-state index contributed by atoms with van der Waals surface area (Å²) < 4.78 is 87.3. The first-order chi connectivity index (χ1) is 11.0. The van der Waals surface area contributed by atoms with Gasteiger partial charge in [0.25, 0.3) is 0 Å². The largest absolute Gasteiger partial charge is 0.402 e. The number of halogens is 4. The molecule has 1 saturated heterocycles. The fourth-order valence-electron chi connectivity index (χ4n) is 2.08. The maximum atomic E-state index is 12.4. The normalized spacial score (nSPS) is 17.1. The van der Waals surface area contributed by atoms with Crippen LogP contribution in [0.4, 0.5) is 13.2 Å². The maximum Gasteiger partial charge on any atom is 0.402 e. The maximum absolute atomic E-state index is 12.4. The summed E-state index contributed by atoms with van der Waals surface area (Å²) in [6.45, 7) is -0.110. The first-order valence-electron chi connectivity index (χ1n) is 6.90. The summed E-state index contributed by atoms with van der Waals surface area (Å²) in [5, 5.41) is 3.01. The third kappa shape index (κ3) is 5.79. The van der Waals surface area contributed by atoms with Gasteiger partial charge in [0.1, 0.15) is 6.54 Å². The molecule has 0 aromatic heterocycles. The highest BCUT2D eigenvalue weighted by Crippen LogP contribution is 2.20. The summed E-state index contributed by atoms with van der Waals surface area (Å²) in [6.07, 6.45) is -4.68. The van der Waals surface area contributed by atoms with E-state index in [2.05, 4.69) is 5.32 Å². The van der Waals surface area contributed by atoms with Crippen molar-refractivity contribution in [2.45, 2.75) is 16.0 Å². The van der Waals surface area contributed by atoms with Crippen LogP contribution in [0.1, 0.15) is 0 Å².